The summed E-state index contributed by atoms with van der Waals surface area (Å²) in [6.45, 7) is -0.542. The van der Waals surface area contributed by atoms with Crippen molar-refractivity contribution in [2.75, 3.05) is 26.4 Å². The van der Waals surface area contributed by atoms with E-state index in [1.807, 2.05) is 0 Å². The molecule has 0 saturated carbocycles. The molecule has 66 heavy (non-hydrogen) atoms. The van der Waals surface area contributed by atoms with Gasteiger partial charge in [0.2, 0.25) is 11.8 Å². The van der Waals surface area contributed by atoms with E-state index in [4.69, 9.17) is 37.9 Å². The molecule has 1 aromatic carbocycles. The number of hydrogen-bond donors (Lipinski definition) is 14. The summed E-state index contributed by atoms with van der Waals surface area (Å²) in [5.74, 6) is -5.82. The van der Waals surface area contributed by atoms with E-state index < -0.39 is 166 Å². The van der Waals surface area contributed by atoms with Crippen molar-refractivity contribution in [2.45, 2.75) is 137 Å². The average molecular weight is 952 g/mol. The van der Waals surface area contributed by atoms with Gasteiger partial charge in [0.25, 0.3) is 5.91 Å². The van der Waals surface area contributed by atoms with Crippen molar-refractivity contribution in [1.29, 1.82) is 0 Å². The highest BCUT2D eigenvalue weighted by atomic mass is 16.8. The molecular weight excluding hydrogens is 898 g/mol. The van der Waals surface area contributed by atoms with Gasteiger partial charge in [0.1, 0.15) is 91.6 Å². The van der Waals surface area contributed by atoms with Gasteiger partial charge in [0.05, 0.1) is 19.8 Å². The van der Waals surface area contributed by atoms with E-state index in [1.165, 1.54) is 24.3 Å². The molecule has 12 unspecified atom stereocenters. The normalized spacial score (nSPS) is 39.3. The minimum Gasteiger partial charge on any atom is -0.479 e. The molecule has 0 bridgehead atoms. The highest BCUT2D eigenvalue weighted by molar-refractivity contribution is 5.94. The molecule has 1 aromatic rings. The van der Waals surface area contributed by atoms with Crippen molar-refractivity contribution >= 4 is 35.9 Å². The van der Waals surface area contributed by atoms with Gasteiger partial charge in [-0.1, -0.05) is 12.1 Å². The maximum absolute atomic E-state index is 12.5. The van der Waals surface area contributed by atoms with E-state index in [1.54, 1.807) is 0 Å². The molecule has 3 amide bonds. The van der Waals surface area contributed by atoms with Crippen molar-refractivity contribution in [3.8, 4) is 0 Å². The van der Waals surface area contributed by atoms with Crippen molar-refractivity contribution < 1.29 is 123 Å². The molecule has 20 atom stereocenters. The first-order valence-electron chi connectivity index (χ1n) is 20.2. The van der Waals surface area contributed by atoms with Gasteiger partial charge >= 0.3 is 11.9 Å². The molecule has 4 heterocycles. The molecule has 14 N–H and O–H groups in total. The minimum atomic E-state index is -2.29. The van der Waals surface area contributed by atoms with Crippen LogP contribution in [0.5, 0.6) is 0 Å². The molecule has 0 aromatic heterocycles. The van der Waals surface area contributed by atoms with Crippen LogP contribution in [0.4, 0.5) is 0 Å². The Bertz CT molecular complexity index is 1840. The number of amides is 3. The van der Waals surface area contributed by atoms with Crippen LogP contribution in [-0.4, -0.2) is 241 Å². The minimum absolute atomic E-state index is 0.196. The number of aliphatic hydroxyl groups excluding tert-OH is 9. The Morgan fingerprint density at radius 2 is 1.06 bits per heavy atom. The molecule has 28 nitrogen and oxygen atoms in total. The Hall–Kier alpha value is -4.44. The molecule has 4 saturated heterocycles. The molecule has 4 aliphatic heterocycles. The van der Waals surface area contributed by atoms with E-state index in [2.05, 4.69) is 16.0 Å². The first-order chi connectivity index (χ1) is 31.2. The van der Waals surface area contributed by atoms with Gasteiger partial charge in [-0.15, -0.1) is 0 Å². The van der Waals surface area contributed by atoms with Gasteiger partial charge in [0.15, 0.2) is 37.4 Å². The number of benzene rings is 1. The van der Waals surface area contributed by atoms with Crippen LogP contribution in [0.1, 0.15) is 34.6 Å². The molecule has 370 valence electrons. The van der Waals surface area contributed by atoms with Crippen molar-refractivity contribution in [3.63, 3.8) is 0 Å². The zero-order chi connectivity index (χ0) is 48.7. The Balaban J connectivity index is 1.27. The number of nitrogens with one attached hydrogen (secondary N) is 3. The van der Waals surface area contributed by atoms with E-state index >= 15 is 0 Å². The fourth-order valence-electron chi connectivity index (χ4n) is 7.57. The predicted molar refractivity (Wildman–Crippen MR) is 206 cm³/mol. The van der Waals surface area contributed by atoms with Crippen LogP contribution < -0.4 is 16.0 Å². The molecule has 4 fully saturated rings. The molecule has 0 radical (unpaired) electrons. The second-order valence-corrected chi connectivity index (χ2v) is 15.5. The van der Waals surface area contributed by atoms with Crippen LogP contribution in [-0.2, 0) is 57.1 Å². The Kier molecular flexibility index (Phi) is 18.3. The Morgan fingerprint density at radius 3 is 1.55 bits per heavy atom. The number of ether oxygens (including phenoxy) is 8. The average Bonchev–Trinajstić information content (AvgIpc) is 3.27. The molecule has 5 rings (SSSR count). The lowest BCUT2D eigenvalue weighted by atomic mass is 9.94. The van der Waals surface area contributed by atoms with Gasteiger partial charge in [-0.2, -0.15) is 0 Å². The van der Waals surface area contributed by atoms with Crippen LogP contribution in [0.15, 0.2) is 24.3 Å². The lowest BCUT2D eigenvalue weighted by Gasteiger charge is -2.49. The zero-order valence-electron chi connectivity index (χ0n) is 34.9. The van der Waals surface area contributed by atoms with E-state index in [-0.39, 0.29) is 18.7 Å². The number of aliphatic carboxylic acids is 2. The topological polar surface area (TPSA) is 435 Å². The molecule has 0 aliphatic carbocycles. The van der Waals surface area contributed by atoms with Crippen LogP contribution in [0.25, 0.3) is 0 Å². The number of aliphatic hydroxyl groups is 9. The number of carbonyl (C=O) groups excluding carboxylic acids is 4. The van der Waals surface area contributed by atoms with Crippen molar-refractivity contribution in [3.05, 3.63) is 35.4 Å². The van der Waals surface area contributed by atoms with Crippen molar-refractivity contribution in [1.82, 2.24) is 16.0 Å². The summed E-state index contributed by atoms with van der Waals surface area (Å²) in [6, 6.07) is 2.19. The van der Waals surface area contributed by atoms with Crippen LogP contribution >= 0.6 is 0 Å². The van der Waals surface area contributed by atoms with Crippen LogP contribution in [0.2, 0.25) is 0 Å². The predicted octanol–water partition coefficient (Wildman–Crippen LogP) is -8.01. The number of aldehydes is 1. The second-order valence-electron chi connectivity index (χ2n) is 15.5. The molecule has 4 aliphatic rings. The van der Waals surface area contributed by atoms with Crippen LogP contribution in [0, 0.1) is 0 Å². The summed E-state index contributed by atoms with van der Waals surface area (Å²) in [7, 11) is 0. The lowest BCUT2D eigenvalue weighted by Crippen LogP contribution is -2.70. The standard InChI is InChI=1S/C38H53N3O25/c1-12(45)40-18-21(48)20(47)16(10-43)60-35(18)63-29-24(51)26(53)38(66-31(29)34(57)58)62-27-17(11-44)61-36(19(22(27)49)41-13(2)46)64-28-23(50)25(52)37(65-30(28)33(55)56)59-8-7-39-32(54)15-5-3-14(9-42)4-6-15/h3-6,9,16-31,35-38,43-44,47-53H,7-8,10-11H2,1-2H3,(H,39,54)(H,40,45)(H,41,46)(H,55,56)(H,57,58)/t16?,17?,18?,19?,20-,21?,22?,23?,24?,25?,26?,27-,28+,29+,30?,31?,35-,36-,37-,38-/m1/s1. The fraction of sp³-hybridized carbons (Fsp3) is 0.684. The van der Waals surface area contributed by atoms with Gasteiger partial charge in [0, 0.05) is 31.5 Å². The molecular formula is C38H53N3O25. The van der Waals surface area contributed by atoms with Gasteiger partial charge < -0.3 is 110 Å². The van der Waals surface area contributed by atoms with Gasteiger partial charge in [-0.25, -0.2) is 9.59 Å². The summed E-state index contributed by atoms with van der Waals surface area (Å²) in [4.78, 5) is 72.5. The second kappa shape index (κ2) is 23.0. The van der Waals surface area contributed by atoms with Gasteiger partial charge in [-0.3, -0.25) is 19.2 Å². The summed E-state index contributed by atoms with van der Waals surface area (Å²) in [6.07, 6.45) is -35.6. The summed E-state index contributed by atoms with van der Waals surface area (Å²) in [5, 5.41) is 124. The highest BCUT2D eigenvalue weighted by Gasteiger charge is 2.57. The maximum Gasteiger partial charge on any atom is 0.335 e. The van der Waals surface area contributed by atoms with E-state index in [9.17, 15) is 84.9 Å². The SMILES string of the molecule is CC(=O)NC1C(O)[C@H](O)C(CO)O[C@@H]1O[C@@H]1C(C(=O)O)O[C@@H](O[C@@H]2C(CO)O[C@H](O[C@@H]3C(C(=O)O)O[C@@H](OCCNC(=O)c4ccc(C=O)cc4)C(O)C3O)C(NC(C)=O)C2O)C(O)C1O. The third-order valence-electron chi connectivity index (χ3n) is 10.9. The third kappa shape index (κ3) is 12.0. The Morgan fingerprint density at radius 1 is 0.591 bits per heavy atom. The highest BCUT2D eigenvalue weighted by Crippen LogP contribution is 2.35. The van der Waals surface area contributed by atoms with E-state index in [0.29, 0.717) is 11.8 Å². The maximum atomic E-state index is 12.5. The number of carboxylic acid groups (broad SMARTS) is 2. The summed E-state index contributed by atoms with van der Waals surface area (Å²) in [5.41, 5.74) is 0.532. The number of rotatable bonds is 18. The van der Waals surface area contributed by atoms with Gasteiger partial charge in [-0.05, 0) is 12.1 Å². The number of carbonyl (C=O) groups is 6. The number of carboxylic acids is 2. The summed E-state index contributed by atoms with van der Waals surface area (Å²) < 4.78 is 44.5. The van der Waals surface area contributed by atoms with Crippen LogP contribution in [0.3, 0.4) is 0 Å². The first kappa shape index (κ1) is 52.5. The first-order valence-corrected chi connectivity index (χ1v) is 20.2. The smallest absolute Gasteiger partial charge is 0.335 e. The summed E-state index contributed by atoms with van der Waals surface area (Å²) >= 11 is 0. The van der Waals surface area contributed by atoms with Crippen molar-refractivity contribution in [2.24, 2.45) is 0 Å². The fourth-order valence-corrected chi connectivity index (χ4v) is 7.57. The lowest BCUT2D eigenvalue weighted by molar-refractivity contribution is -0.371. The molecule has 0 spiro atoms. The quantitative estimate of drug-likeness (QED) is 0.0480. The Labute approximate surface area is 372 Å². The third-order valence-corrected chi connectivity index (χ3v) is 10.9. The monoisotopic (exact) mass is 951 g/mol. The zero-order valence-corrected chi connectivity index (χ0v) is 34.9. The largest absolute Gasteiger partial charge is 0.479 e. The van der Waals surface area contributed by atoms with E-state index in [0.717, 1.165) is 13.8 Å². The number of hydrogen-bond acceptors (Lipinski definition) is 23. The molecule has 28 heteroatoms.